The van der Waals surface area contributed by atoms with Gasteiger partial charge in [-0.25, -0.2) is 4.79 Å². The molecule has 2 aromatic carbocycles. The van der Waals surface area contributed by atoms with E-state index in [1.165, 1.54) is 5.56 Å². The summed E-state index contributed by atoms with van der Waals surface area (Å²) in [5.74, 6) is -0.865. The number of rotatable bonds is 5. The predicted octanol–water partition coefficient (Wildman–Crippen LogP) is 3.99. The lowest BCUT2D eigenvalue weighted by molar-refractivity contribution is -0.192. The number of carboxylic acid groups (broad SMARTS) is 1. The molecule has 204 valence electrons. The highest BCUT2D eigenvalue weighted by molar-refractivity contribution is 5.94. The first kappa shape index (κ1) is 28.8. The number of nitrogens with one attached hydrogen (secondary N) is 1. The van der Waals surface area contributed by atoms with Gasteiger partial charge < -0.3 is 24.8 Å². The molecule has 4 rings (SSSR count). The van der Waals surface area contributed by atoms with Gasteiger partial charge in [-0.3, -0.25) is 4.79 Å². The average Bonchev–Trinajstić information content (AvgIpc) is 3.24. The molecule has 2 N–H and O–H groups in total. The highest BCUT2D eigenvalue weighted by atomic mass is 19.4. The number of carbonyl (C=O) groups excluding carboxylic acids is 1. The number of halogens is 3. The van der Waals surface area contributed by atoms with Crippen LogP contribution in [0.1, 0.15) is 40.7 Å². The molecule has 38 heavy (non-hydrogen) atoms. The van der Waals surface area contributed by atoms with Crippen molar-refractivity contribution in [2.45, 2.75) is 36.9 Å². The van der Waals surface area contributed by atoms with Gasteiger partial charge in [0.2, 0.25) is 0 Å². The third-order valence-corrected chi connectivity index (χ3v) is 7.19. The van der Waals surface area contributed by atoms with E-state index in [1.54, 1.807) is 38.5 Å². The lowest BCUT2D eigenvalue weighted by atomic mass is 9.63. The number of nitriles is 1. The normalized spacial score (nSPS) is 22.8. The van der Waals surface area contributed by atoms with Crippen LogP contribution in [0.25, 0.3) is 0 Å². The third kappa shape index (κ3) is 6.37. The van der Waals surface area contributed by atoms with Crippen molar-refractivity contribution in [3.63, 3.8) is 0 Å². The number of likely N-dealkylation sites (tertiary alicyclic amines) is 1. The zero-order chi connectivity index (χ0) is 28.1. The Balaban J connectivity index is 0.000000505. The van der Waals surface area contributed by atoms with Crippen LogP contribution in [0.4, 0.5) is 13.2 Å². The van der Waals surface area contributed by atoms with Crippen LogP contribution in [0.5, 0.6) is 11.5 Å². The van der Waals surface area contributed by atoms with Gasteiger partial charge in [-0.2, -0.15) is 18.4 Å². The van der Waals surface area contributed by atoms with Gasteiger partial charge in [0.05, 0.1) is 25.9 Å². The number of methoxy groups -OCH3 is 2. The molecule has 1 amide bonds. The largest absolute Gasteiger partial charge is 0.493 e. The van der Waals surface area contributed by atoms with Crippen molar-refractivity contribution in [1.82, 2.24) is 10.2 Å². The zero-order valence-corrected chi connectivity index (χ0v) is 21.3. The second kappa shape index (κ2) is 11.7. The first-order valence-corrected chi connectivity index (χ1v) is 12.0. The molecule has 2 fully saturated rings. The van der Waals surface area contributed by atoms with E-state index < -0.39 is 12.1 Å². The molecular formula is C27H30F3N3O5. The van der Waals surface area contributed by atoms with Gasteiger partial charge in [0.15, 0.2) is 11.5 Å². The van der Waals surface area contributed by atoms with Crippen LogP contribution < -0.4 is 14.8 Å². The minimum atomic E-state index is -5.08. The molecule has 11 heteroatoms. The summed E-state index contributed by atoms with van der Waals surface area (Å²) >= 11 is 0. The number of ether oxygens (including phenoxy) is 2. The number of fused-ring (bicyclic) bond motifs is 1. The van der Waals surface area contributed by atoms with Gasteiger partial charge >= 0.3 is 12.1 Å². The Morgan fingerprint density at radius 3 is 2.32 bits per heavy atom. The second-order valence-corrected chi connectivity index (χ2v) is 9.56. The van der Waals surface area contributed by atoms with E-state index in [4.69, 9.17) is 24.6 Å². The summed E-state index contributed by atoms with van der Waals surface area (Å²) in [6.45, 7) is 2.01. The number of benzene rings is 2. The fourth-order valence-electron chi connectivity index (χ4n) is 5.42. The molecule has 1 saturated carbocycles. The van der Waals surface area contributed by atoms with E-state index in [2.05, 4.69) is 35.5 Å². The highest BCUT2D eigenvalue weighted by Crippen LogP contribution is 2.49. The first-order chi connectivity index (χ1) is 17.9. The summed E-state index contributed by atoms with van der Waals surface area (Å²) in [6.07, 6.45) is -2.20. The number of carbonyl (C=O) groups is 2. The van der Waals surface area contributed by atoms with E-state index >= 15 is 0 Å². The Kier molecular flexibility index (Phi) is 8.89. The third-order valence-electron chi connectivity index (χ3n) is 7.19. The Bertz CT molecular complexity index is 1200. The molecule has 0 bridgehead atoms. The molecule has 1 saturated heterocycles. The van der Waals surface area contributed by atoms with Crippen LogP contribution in [0.15, 0.2) is 42.5 Å². The molecular weight excluding hydrogens is 503 g/mol. The van der Waals surface area contributed by atoms with Crippen molar-refractivity contribution in [2.24, 2.45) is 5.92 Å². The lowest BCUT2D eigenvalue weighted by Crippen LogP contribution is -2.47. The van der Waals surface area contributed by atoms with Crippen molar-refractivity contribution in [2.75, 3.05) is 34.4 Å². The van der Waals surface area contributed by atoms with Crippen molar-refractivity contribution in [1.29, 1.82) is 5.26 Å². The summed E-state index contributed by atoms with van der Waals surface area (Å²) in [4.78, 5) is 24.0. The molecule has 1 aliphatic carbocycles. The average molecular weight is 534 g/mol. The monoisotopic (exact) mass is 533 g/mol. The summed E-state index contributed by atoms with van der Waals surface area (Å²) in [5.41, 5.74) is 2.50. The van der Waals surface area contributed by atoms with Crippen molar-refractivity contribution >= 4 is 11.9 Å². The maximum absolute atomic E-state index is 12.7. The fourth-order valence-corrected chi connectivity index (χ4v) is 5.42. The van der Waals surface area contributed by atoms with E-state index in [0.717, 1.165) is 43.9 Å². The maximum atomic E-state index is 12.7. The predicted molar refractivity (Wildman–Crippen MR) is 132 cm³/mol. The van der Waals surface area contributed by atoms with Crippen LogP contribution in [-0.4, -0.2) is 68.5 Å². The smallest absolute Gasteiger partial charge is 0.490 e. The minimum absolute atomic E-state index is 0.0595. The number of hydrogen-bond acceptors (Lipinski definition) is 6. The topological polar surface area (TPSA) is 112 Å². The number of aliphatic carboxylic acids is 1. The van der Waals surface area contributed by atoms with E-state index in [0.29, 0.717) is 17.0 Å². The number of likely N-dealkylation sites (N-methyl/N-ethyl adjacent to an activating group) is 1. The Morgan fingerprint density at radius 1 is 1.13 bits per heavy atom. The van der Waals surface area contributed by atoms with Crippen molar-refractivity contribution in [3.8, 4) is 17.6 Å². The van der Waals surface area contributed by atoms with Crippen molar-refractivity contribution in [3.05, 3.63) is 59.2 Å². The van der Waals surface area contributed by atoms with Gasteiger partial charge in [-0.15, -0.1) is 0 Å². The molecule has 0 aromatic heterocycles. The van der Waals surface area contributed by atoms with E-state index in [1.807, 2.05) is 6.07 Å². The van der Waals surface area contributed by atoms with Crippen LogP contribution in [-0.2, 0) is 10.2 Å². The second-order valence-electron chi connectivity index (χ2n) is 9.56. The number of nitrogens with zero attached hydrogens (tertiary/aromatic N) is 2. The molecule has 2 aromatic rings. The summed E-state index contributed by atoms with van der Waals surface area (Å²) in [7, 11) is 5.50. The molecule has 3 atom stereocenters. The molecule has 1 aliphatic heterocycles. The molecule has 1 heterocycles. The SMILES string of the molecule is COc1ccc(C23CCC(NC(=O)c4ccc(C#N)cc4)CC2CN(C)C3)cc1OC.O=C(O)C(F)(F)F. The number of alkyl halides is 3. The first-order valence-electron chi connectivity index (χ1n) is 12.0. The molecule has 0 radical (unpaired) electrons. The Hall–Kier alpha value is -3.78. The molecule has 2 aliphatic rings. The lowest BCUT2D eigenvalue weighted by Gasteiger charge is -2.43. The van der Waals surface area contributed by atoms with Gasteiger partial charge in [-0.1, -0.05) is 6.07 Å². The quantitative estimate of drug-likeness (QED) is 0.598. The van der Waals surface area contributed by atoms with Crippen molar-refractivity contribution < 1.29 is 37.3 Å². The standard InChI is InChI=1S/C25H29N3O3.C2HF3O2/c1-28-15-20-12-21(27-24(29)18-6-4-17(14-26)5-7-18)10-11-25(20,16-28)19-8-9-22(30-2)23(13-19)31-3;3-2(4,5)1(6)7/h4-9,13,20-21H,10-12,15-16H2,1-3H3,(H,27,29);(H,6,7). The van der Waals surface area contributed by atoms with Crippen LogP contribution >= 0.6 is 0 Å². The van der Waals surface area contributed by atoms with Crippen LogP contribution in [0.2, 0.25) is 0 Å². The van der Waals surface area contributed by atoms with Gasteiger partial charge in [0, 0.05) is 30.1 Å². The van der Waals surface area contributed by atoms with Gasteiger partial charge in [0.1, 0.15) is 0 Å². The Morgan fingerprint density at radius 2 is 1.76 bits per heavy atom. The summed E-state index contributed by atoms with van der Waals surface area (Å²) < 4.78 is 42.7. The highest BCUT2D eigenvalue weighted by Gasteiger charge is 2.50. The van der Waals surface area contributed by atoms with Crippen LogP contribution in [0.3, 0.4) is 0 Å². The molecule has 3 unspecified atom stereocenters. The minimum Gasteiger partial charge on any atom is -0.493 e. The van der Waals surface area contributed by atoms with Gasteiger partial charge in [-0.05, 0) is 74.2 Å². The fraction of sp³-hybridized carbons (Fsp3) is 0.444. The van der Waals surface area contributed by atoms with Crippen LogP contribution in [0, 0.1) is 17.2 Å². The van der Waals surface area contributed by atoms with E-state index in [9.17, 15) is 18.0 Å². The number of carboxylic acids is 1. The molecule has 8 nitrogen and oxygen atoms in total. The maximum Gasteiger partial charge on any atom is 0.490 e. The zero-order valence-electron chi connectivity index (χ0n) is 21.3. The number of hydrogen-bond donors (Lipinski definition) is 2. The van der Waals surface area contributed by atoms with Gasteiger partial charge in [0.25, 0.3) is 5.91 Å². The summed E-state index contributed by atoms with van der Waals surface area (Å²) in [6, 6.07) is 15.3. The molecule has 0 spiro atoms. The van der Waals surface area contributed by atoms with E-state index in [-0.39, 0.29) is 17.4 Å². The Labute approximate surface area is 219 Å². The summed E-state index contributed by atoms with van der Waals surface area (Å²) in [5, 5.41) is 19.3. The number of amides is 1.